The van der Waals surface area contributed by atoms with Gasteiger partial charge in [0, 0.05) is 5.02 Å². The molecule has 0 atom stereocenters. The van der Waals surface area contributed by atoms with Crippen molar-refractivity contribution in [3.63, 3.8) is 0 Å². The molecule has 2 aromatic carbocycles. The number of nitrogens with one attached hydrogen (secondary N) is 1. The molecule has 134 valence electrons. The Hall–Kier alpha value is -2.44. The predicted octanol–water partition coefficient (Wildman–Crippen LogP) is 4.64. The number of rotatable bonds is 6. The van der Waals surface area contributed by atoms with Gasteiger partial charge in [0.15, 0.2) is 11.5 Å². The van der Waals surface area contributed by atoms with Crippen LogP contribution in [0.15, 0.2) is 47.4 Å². The molecule has 3 rings (SSSR count). The Balaban J connectivity index is 1.78. The zero-order valence-corrected chi connectivity index (χ0v) is 15.5. The van der Waals surface area contributed by atoms with Gasteiger partial charge in [0.25, 0.3) is 11.1 Å². The van der Waals surface area contributed by atoms with Gasteiger partial charge in [0.05, 0.1) is 11.5 Å². The van der Waals surface area contributed by atoms with E-state index < -0.39 is 0 Å². The standard InChI is InChI=1S/C19H16ClNO4S/c1-2-24-16-9-13(10-17-18(22)21-19(23)26-17)5-8-15(16)25-11-12-3-6-14(20)7-4-12/h3-10H,2,11H2,1H3,(H,21,22,23)/b17-10-. The van der Waals surface area contributed by atoms with Crippen LogP contribution in [0, 0.1) is 0 Å². The van der Waals surface area contributed by atoms with Gasteiger partial charge >= 0.3 is 0 Å². The molecule has 0 spiro atoms. The van der Waals surface area contributed by atoms with Gasteiger partial charge in [-0.1, -0.05) is 29.8 Å². The number of halogens is 1. The smallest absolute Gasteiger partial charge is 0.290 e. The van der Waals surface area contributed by atoms with Crippen LogP contribution in [0.5, 0.6) is 11.5 Å². The molecule has 0 saturated carbocycles. The highest BCUT2D eigenvalue weighted by molar-refractivity contribution is 8.18. The zero-order chi connectivity index (χ0) is 18.5. The zero-order valence-electron chi connectivity index (χ0n) is 14.0. The molecule has 1 aliphatic heterocycles. The first-order chi connectivity index (χ1) is 12.5. The van der Waals surface area contributed by atoms with Crippen molar-refractivity contribution in [2.75, 3.05) is 6.61 Å². The van der Waals surface area contributed by atoms with Crippen molar-refractivity contribution < 1.29 is 19.1 Å². The summed E-state index contributed by atoms with van der Waals surface area (Å²) in [7, 11) is 0. The minimum atomic E-state index is -0.388. The first-order valence-electron chi connectivity index (χ1n) is 7.94. The molecule has 1 heterocycles. The summed E-state index contributed by atoms with van der Waals surface area (Å²) in [5.41, 5.74) is 1.74. The summed E-state index contributed by atoms with van der Waals surface area (Å²) in [6, 6.07) is 12.8. The normalized spacial score (nSPS) is 15.2. The highest BCUT2D eigenvalue weighted by Crippen LogP contribution is 2.32. The number of amides is 2. The third kappa shape index (κ3) is 4.59. The lowest BCUT2D eigenvalue weighted by molar-refractivity contribution is -0.115. The first kappa shape index (κ1) is 18.4. The van der Waals surface area contributed by atoms with E-state index >= 15 is 0 Å². The first-order valence-corrected chi connectivity index (χ1v) is 9.13. The minimum Gasteiger partial charge on any atom is -0.490 e. The van der Waals surface area contributed by atoms with Crippen molar-refractivity contribution in [3.05, 3.63) is 63.5 Å². The number of benzene rings is 2. The summed E-state index contributed by atoms with van der Waals surface area (Å²) in [6.45, 7) is 2.74. The lowest BCUT2D eigenvalue weighted by Crippen LogP contribution is -2.17. The lowest BCUT2D eigenvalue weighted by atomic mass is 10.2. The SMILES string of the molecule is CCOc1cc(/C=C2\SC(=O)NC2=O)ccc1OCc1ccc(Cl)cc1. The summed E-state index contributed by atoms with van der Waals surface area (Å²) in [5, 5.41) is 2.54. The van der Waals surface area contributed by atoms with E-state index in [4.69, 9.17) is 21.1 Å². The van der Waals surface area contributed by atoms with Crippen LogP contribution in [0.25, 0.3) is 6.08 Å². The third-order valence-electron chi connectivity index (χ3n) is 3.52. The maximum Gasteiger partial charge on any atom is 0.290 e. The fraction of sp³-hybridized carbons (Fsp3) is 0.158. The van der Waals surface area contributed by atoms with E-state index in [0.29, 0.717) is 34.6 Å². The Morgan fingerprint density at radius 3 is 2.50 bits per heavy atom. The van der Waals surface area contributed by atoms with Gasteiger partial charge in [-0.3, -0.25) is 14.9 Å². The average molecular weight is 390 g/mol. The van der Waals surface area contributed by atoms with Crippen molar-refractivity contribution in [2.45, 2.75) is 13.5 Å². The van der Waals surface area contributed by atoms with Crippen molar-refractivity contribution in [1.82, 2.24) is 5.32 Å². The number of hydrogen-bond donors (Lipinski definition) is 1. The molecule has 7 heteroatoms. The molecule has 26 heavy (non-hydrogen) atoms. The molecule has 0 unspecified atom stereocenters. The van der Waals surface area contributed by atoms with Gasteiger partial charge in [-0.15, -0.1) is 0 Å². The summed E-state index contributed by atoms with van der Waals surface area (Å²) in [5.74, 6) is 0.787. The number of carbonyl (C=O) groups excluding carboxylic acids is 2. The van der Waals surface area contributed by atoms with Gasteiger partial charge in [-0.2, -0.15) is 0 Å². The predicted molar refractivity (Wildman–Crippen MR) is 103 cm³/mol. The van der Waals surface area contributed by atoms with E-state index in [1.165, 1.54) is 0 Å². The Bertz CT molecular complexity index is 864. The topological polar surface area (TPSA) is 64.6 Å². The Morgan fingerprint density at radius 2 is 1.85 bits per heavy atom. The van der Waals surface area contributed by atoms with Crippen LogP contribution in [-0.4, -0.2) is 17.8 Å². The highest BCUT2D eigenvalue weighted by atomic mass is 35.5. The Labute approximate surface area is 160 Å². The summed E-state index contributed by atoms with van der Waals surface area (Å²) < 4.78 is 11.5. The van der Waals surface area contributed by atoms with E-state index in [1.54, 1.807) is 18.2 Å². The third-order valence-corrected chi connectivity index (χ3v) is 4.58. The van der Waals surface area contributed by atoms with E-state index in [1.807, 2.05) is 37.3 Å². The molecule has 1 N–H and O–H groups in total. The number of imide groups is 1. The molecule has 2 amide bonds. The number of thioether (sulfide) groups is 1. The molecule has 2 aromatic rings. The largest absolute Gasteiger partial charge is 0.490 e. The van der Waals surface area contributed by atoms with E-state index in [0.717, 1.165) is 22.9 Å². The second-order valence-electron chi connectivity index (χ2n) is 5.41. The van der Waals surface area contributed by atoms with Gasteiger partial charge in [-0.05, 0) is 60.2 Å². The van der Waals surface area contributed by atoms with Gasteiger partial charge < -0.3 is 9.47 Å². The molecular weight excluding hydrogens is 374 g/mol. The maximum absolute atomic E-state index is 11.7. The average Bonchev–Trinajstić information content (AvgIpc) is 2.93. The second kappa shape index (κ2) is 8.29. The summed E-state index contributed by atoms with van der Waals surface area (Å²) in [4.78, 5) is 23.3. The Morgan fingerprint density at radius 1 is 1.08 bits per heavy atom. The van der Waals surface area contributed by atoms with Gasteiger partial charge in [-0.25, -0.2) is 0 Å². The van der Waals surface area contributed by atoms with Crippen molar-refractivity contribution >= 4 is 40.6 Å². The van der Waals surface area contributed by atoms with E-state index in [9.17, 15) is 9.59 Å². The fourth-order valence-electron chi connectivity index (χ4n) is 2.32. The van der Waals surface area contributed by atoms with Crippen molar-refractivity contribution in [3.8, 4) is 11.5 Å². The van der Waals surface area contributed by atoms with Gasteiger partial charge in [0.1, 0.15) is 6.61 Å². The molecule has 5 nitrogen and oxygen atoms in total. The molecule has 0 bridgehead atoms. The lowest BCUT2D eigenvalue weighted by Gasteiger charge is -2.13. The van der Waals surface area contributed by atoms with Gasteiger partial charge in [0.2, 0.25) is 0 Å². The monoisotopic (exact) mass is 389 g/mol. The highest BCUT2D eigenvalue weighted by Gasteiger charge is 2.25. The van der Waals surface area contributed by atoms with Crippen molar-refractivity contribution in [2.24, 2.45) is 0 Å². The number of carbonyl (C=O) groups is 2. The molecule has 0 radical (unpaired) electrons. The molecule has 0 aliphatic carbocycles. The van der Waals surface area contributed by atoms with Crippen LogP contribution in [0.3, 0.4) is 0 Å². The Kier molecular flexibility index (Phi) is 5.85. The molecular formula is C19H16ClNO4S. The van der Waals surface area contributed by atoms with Crippen LogP contribution < -0.4 is 14.8 Å². The van der Waals surface area contributed by atoms with Crippen LogP contribution in [-0.2, 0) is 11.4 Å². The molecule has 1 fully saturated rings. The molecule has 1 saturated heterocycles. The fourth-order valence-corrected chi connectivity index (χ4v) is 3.12. The number of ether oxygens (including phenoxy) is 2. The van der Waals surface area contributed by atoms with Crippen LogP contribution in [0.2, 0.25) is 5.02 Å². The molecule has 0 aromatic heterocycles. The quantitative estimate of drug-likeness (QED) is 0.729. The summed E-state index contributed by atoms with van der Waals surface area (Å²) >= 11 is 6.76. The number of hydrogen-bond acceptors (Lipinski definition) is 5. The van der Waals surface area contributed by atoms with E-state index in [-0.39, 0.29) is 11.1 Å². The van der Waals surface area contributed by atoms with E-state index in [2.05, 4.69) is 5.32 Å². The van der Waals surface area contributed by atoms with Crippen molar-refractivity contribution in [1.29, 1.82) is 0 Å². The van der Waals surface area contributed by atoms with Crippen LogP contribution in [0.1, 0.15) is 18.1 Å². The van der Waals surface area contributed by atoms with Crippen LogP contribution >= 0.6 is 23.4 Å². The minimum absolute atomic E-state index is 0.354. The summed E-state index contributed by atoms with van der Waals surface area (Å²) in [6.07, 6.45) is 1.65. The molecule has 1 aliphatic rings. The maximum atomic E-state index is 11.7. The second-order valence-corrected chi connectivity index (χ2v) is 6.86. The van der Waals surface area contributed by atoms with Crippen LogP contribution in [0.4, 0.5) is 4.79 Å².